The zero-order valence-corrected chi connectivity index (χ0v) is 14.8. The summed E-state index contributed by atoms with van der Waals surface area (Å²) in [5.74, 6) is 0.0602. The molecule has 0 aliphatic rings. The number of carbonyl (C=O) groups excluding carboxylic acids is 1. The van der Waals surface area contributed by atoms with Gasteiger partial charge in [0.05, 0.1) is 30.4 Å². The van der Waals surface area contributed by atoms with Gasteiger partial charge in [-0.05, 0) is 48.9 Å². The molecular formula is C17H19NO5S. The van der Waals surface area contributed by atoms with Crippen LogP contribution >= 0.6 is 0 Å². The highest BCUT2D eigenvalue weighted by Gasteiger charge is 2.24. The Bertz CT molecular complexity index is 844. The van der Waals surface area contributed by atoms with Gasteiger partial charge in [0.1, 0.15) is 5.75 Å². The third-order valence-electron chi connectivity index (χ3n) is 3.77. The number of esters is 1. The quantitative estimate of drug-likeness (QED) is 0.776. The lowest BCUT2D eigenvalue weighted by molar-refractivity contribution is 0.0600. The Kier molecular flexibility index (Phi) is 5.14. The largest absolute Gasteiger partial charge is 0.497 e. The summed E-state index contributed by atoms with van der Waals surface area (Å²) < 4.78 is 36.5. The molecule has 0 fully saturated rings. The number of ether oxygens (including phenoxy) is 2. The predicted octanol–water partition coefficient (Wildman–Crippen LogP) is 2.62. The Morgan fingerprint density at radius 1 is 1.04 bits per heavy atom. The lowest BCUT2D eigenvalue weighted by Gasteiger charge is -2.22. The number of sulfonamides is 1. The van der Waals surface area contributed by atoms with Crippen LogP contribution < -0.4 is 9.04 Å². The van der Waals surface area contributed by atoms with E-state index in [1.807, 2.05) is 0 Å². The molecule has 0 radical (unpaired) electrons. The molecule has 0 N–H and O–H groups in total. The van der Waals surface area contributed by atoms with E-state index in [1.54, 1.807) is 37.3 Å². The summed E-state index contributed by atoms with van der Waals surface area (Å²) >= 11 is 0. The van der Waals surface area contributed by atoms with Gasteiger partial charge in [-0.3, -0.25) is 4.31 Å². The second-order valence-electron chi connectivity index (χ2n) is 5.09. The van der Waals surface area contributed by atoms with Crippen LogP contribution in [0.3, 0.4) is 0 Å². The van der Waals surface area contributed by atoms with Crippen molar-refractivity contribution in [2.45, 2.75) is 11.8 Å². The van der Waals surface area contributed by atoms with Crippen LogP contribution in [0.1, 0.15) is 15.9 Å². The van der Waals surface area contributed by atoms with Crippen LogP contribution in [0.15, 0.2) is 47.4 Å². The molecule has 0 saturated heterocycles. The lowest BCUT2D eigenvalue weighted by atomic mass is 10.1. The molecule has 0 unspecified atom stereocenters. The van der Waals surface area contributed by atoms with Gasteiger partial charge in [0.25, 0.3) is 10.0 Å². The highest BCUT2D eigenvalue weighted by molar-refractivity contribution is 7.92. The minimum absolute atomic E-state index is 0.133. The third-order valence-corrected chi connectivity index (χ3v) is 5.55. The van der Waals surface area contributed by atoms with E-state index in [1.165, 1.54) is 33.4 Å². The molecule has 0 aromatic heterocycles. The van der Waals surface area contributed by atoms with E-state index in [0.29, 0.717) is 22.6 Å². The first kappa shape index (κ1) is 17.8. The first-order chi connectivity index (χ1) is 11.3. The zero-order chi connectivity index (χ0) is 17.9. The molecule has 0 saturated carbocycles. The minimum Gasteiger partial charge on any atom is -0.497 e. The smallest absolute Gasteiger partial charge is 0.338 e. The van der Waals surface area contributed by atoms with Crippen LogP contribution in [-0.4, -0.2) is 35.7 Å². The molecular weight excluding hydrogens is 330 g/mol. The van der Waals surface area contributed by atoms with Crippen LogP contribution in [0.2, 0.25) is 0 Å². The molecule has 6 nitrogen and oxygen atoms in total. The molecule has 0 heterocycles. The van der Waals surface area contributed by atoms with Gasteiger partial charge in [0.15, 0.2) is 0 Å². The van der Waals surface area contributed by atoms with Gasteiger partial charge in [-0.15, -0.1) is 0 Å². The topological polar surface area (TPSA) is 72.9 Å². The van der Waals surface area contributed by atoms with Crippen molar-refractivity contribution in [3.05, 3.63) is 53.6 Å². The molecule has 24 heavy (non-hydrogen) atoms. The van der Waals surface area contributed by atoms with Crippen LogP contribution in [0.4, 0.5) is 5.69 Å². The third kappa shape index (κ3) is 3.21. The maximum absolute atomic E-state index is 12.8. The van der Waals surface area contributed by atoms with E-state index in [-0.39, 0.29) is 4.90 Å². The van der Waals surface area contributed by atoms with E-state index in [9.17, 15) is 13.2 Å². The van der Waals surface area contributed by atoms with Crippen molar-refractivity contribution in [1.82, 2.24) is 0 Å². The second kappa shape index (κ2) is 6.92. The molecule has 128 valence electrons. The number of anilines is 1. The summed E-state index contributed by atoms with van der Waals surface area (Å²) in [6.07, 6.45) is 0. The van der Waals surface area contributed by atoms with Gasteiger partial charge in [-0.1, -0.05) is 6.07 Å². The second-order valence-corrected chi connectivity index (χ2v) is 7.06. The Morgan fingerprint density at radius 3 is 2.21 bits per heavy atom. The molecule has 0 aliphatic carbocycles. The summed E-state index contributed by atoms with van der Waals surface area (Å²) in [7, 11) is 0.480. The van der Waals surface area contributed by atoms with Gasteiger partial charge < -0.3 is 9.47 Å². The van der Waals surface area contributed by atoms with Crippen LogP contribution in [0.25, 0.3) is 0 Å². The van der Waals surface area contributed by atoms with Gasteiger partial charge in [-0.2, -0.15) is 0 Å². The predicted molar refractivity (Wildman–Crippen MR) is 91.1 cm³/mol. The number of hydrogen-bond acceptors (Lipinski definition) is 5. The summed E-state index contributed by atoms with van der Waals surface area (Å²) in [4.78, 5) is 11.9. The van der Waals surface area contributed by atoms with E-state index < -0.39 is 16.0 Å². The molecule has 2 rings (SSSR count). The SMILES string of the molecule is COC(=O)c1cccc(N(C)S(=O)(=O)c2ccc(OC)cc2)c1C. The van der Waals surface area contributed by atoms with E-state index in [0.717, 1.165) is 4.31 Å². The van der Waals surface area contributed by atoms with Crippen molar-refractivity contribution >= 4 is 21.7 Å². The first-order valence-corrected chi connectivity index (χ1v) is 8.58. The highest BCUT2D eigenvalue weighted by atomic mass is 32.2. The van der Waals surface area contributed by atoms with Crippen molar-refractivity contribution in [3.63, 3.8) is 0 Å². The summed E-state index contributed by atoms with van der Waals surface area (Å²) in [5.41, 5.74) is 1.27. The van der Waals surface area contributed by atoms with Crippen LogP contribution in [0.5, 0.6) is 5.75 Å². The van der Waals surface area contributed by atoms with E-state index >= 15 is 0 Å². The molecule has 0 bridgehead atoms. The van der Waals surface area contributed by atoms with Crippen LogP contribution in [0, 0.1) is 6.92 Å². The van der Waals surface area contributed by atoms with E-state index in [4.69, 9.17) is 9.47 Å². The fourth-order valence-corrected chi connectivity index (χ4v) is 3.58. The molecule has 0 atom stereocenters. The monoisotopic (exact) mass is 349 g/mol. The minimum atomic E-state index is -3.76. The van der Waals surface area contributed by atoms with Crippen molar-refractivity contribution in [1.29, 1.82) is 0 Å². The Balaban J connectivity index is 2.46. The lowest BCUT2D eigenvalue weighted by Crippen LogP contribution is -2.27. The maximum Gasteiger partial charge on any atom is 0.338 e. The molecule has 2 aromatic carbocycles. The van der Waals surface area contributed by atoms with Crippen molar-refractivity contribution in [2.24, 2.45) is 0 Å². The summed E-state index contributed by atoms with van der Waals surface area (Å²) in [5, 5.41) is 0. The average Bonchev–Trinajstić information content (AvgIpc) is 2.60. The average molecular weight is 349 g/mol. The summed E-state index contributed by atoms with van der Waals surface area (Å²) in [6, 6.07) is 11.0. The highest BCUT2D eigenvalue weighted by Crippen LogP contribution is 2.28. The van der Waals surface area contributed by atoms with Gasteiger partial charge in [-0.25, -0.2) is 13.2 Å². The fourth-order valence-electron chi connectivity index (χ4n) is 2.33. The van der Waals surface area contributed by atoms with Gasteiger partial charge >= 0.3 is 5.97 Å². The molecule has 0 aliphatic heterocycles. The van der Waals surface area contributed by atoms with Crippen molar-refractivity contribution in [3.8, 4) is 5.75 Å². The number of benzene rings is 2. The van der Waals surface area contributed by atoms with Gasteiger partial charge in [0, 0.05) is 7.05 Å². The molecule has 7 heteroatoms. The summed E-state index contributed by atoms with van der Waals surface area (Å²) in [6.45, 7) is 1.68. The van der Waals surface area contributed by atoms with Crippen molar-refractivity contribution < 1.29 is 22.7 Å². The Labute approximate surface area is 141 Å². The number of rotatable bonds is 5. The Morgan fingerprint density at radius 2 is 1.67 bits per heavy atom. The number of carbonyl (C=O) groups is 1. The Hall–Kier alpha value is -2.54. The number of methoxy groups -OCH3 is 2. The van der Waals surface area contributed by atoms with Gasteiger partial charge in [0.2, 0.25) is 0 Å². The molecule has 2 aromatic rings. The molecule has 0 spiro atoms. The fraction of sp³-hybridized carbons (Fsp3) is 0.235. The molecule has 0 amide bonds. The van der Waals surface area contributed by atoms with Crippen molar-refractivity contribution in [2.75, 3.05) is 25.6 Å². The normalized spacial score (nSPS) is 11.0. The van der Waals surface area contributed by atoms with E-state index in [2.05, 4.69) is 0 Å². The standard InChI is InChI=1S/C17H19NO5S/c1-12-15(17(19)23-4)6-5-7-16(12)18(2)24(20,21)14-10-8-13(22-3)9-11-14/h5-11H,1-4H3. The number of hydrogen-bond donors (Lipinski definition) is 0. The van der Waals surface area contributed by atoms with Crippen LogP contribution in [-0.2, 0) is 14.8 Å². The maximum atomic E-state index is 12.8. The first-order valence-electron chi connectivity index (χ1n) is 7.14. The zero-order valence-electron chi connectivity index (χ0n) is 13.9. The number of nitrogens with zero attached hydrogens (tertiary/aromatic N) is 1.